The van der Waals surface area contributed by atoms with Crippen LogP contribution in [0.25, 0.3) is 0 Å². The minimum atomic E-state index is -2.95. The number of hydrogen-bond donors (Lipinski definition) is 0. The van der Waals surface area contributed by atoms with E-state index in [2.05, 4.69) is 4.90 Å². The largest absolute Gasteiger partial charge is 0.298 e. The summed E-state index contributed by atoms with van der Waals surface area (Å²) in [5.74, 6) is 0.487. The molecule has 2 rings (SSSR count). The van der Waals surface area contributed by atoms with Crippen molar-refractivity contribution in [3.8, 4) is 0 Å². The molecule has 19 heavy (non-hydrogen) atoms. The van der Waals surface area contributed by atoms with E-state index in [-0.39, 0.29) is 17.6 Å². The van der Waals surface area contributed by atoms with Crippen LogP contribution < -0.4 is 0 Å². The lowest BCUT2D eigenvalue weighted by Crippen LogP contribution is -2.30. The van der Waals surface area contributed by atoms with Crippen LogP contribution in [0.2, 0.25) is 0 Å². The van der Waals surface area contributed by atoms with Crippen LogP contribution in [0, 0.1) is 11.7 Å². The zero-order chi connectivity index (χ0) is 14.0. The van der Waals surface area contributed by atoms with Crippen molar-refractivity contribution in [3.05, 3.63) is 35.6 Å². The van der Waals surface area contributed by atoms with E-state index in [1.807, 2.05) is 7.05 Å². The third-order valence-electron chi connectivity index (χ3n) is 3.57. The smallest absolute Gasteiger partial charge is 0.148 e. The number of hydrogen-bond acceptors (Lipinski definition) is 3. The lowest BCUT2D eigenvalue weighted by molar-refractivity contribution is 0.233. The third kappa shape index (κ3) is 4.28. The predicted octanol–water partition coefficient (Wildman–Crippen LogP) is 2.25. The van der Waals surface area contributed by atoms with Crippen molar-refractivity contribution >= 4 is 9.84 Å². The summed E-state index contributed by atoms with van der Waals surface area (Å²) in [7, 11) is -1.01. The molecule has 1 atom stereocenters. The van der Waals surface area contributed by atoms with Gasteiger partial charge in [-0.05, 0) is 43.5 Å². The van der Waals surface area contributed by atoms with Crippen LogP contribution in [0.5, 0.6) is 0 Å². The fourth-order valence-electron chi connectivity index (χ4n) is 2.41. The Balaban J connectivity index is 2.09. The van der Waals surface area contributed by atoms with Crippen LogP contribution in [0.4, 0.5) is 4.39 Å². The summed E-state index contributed by atoms with van der Waals surface area (Å²) in [6.45, 7) is 0.511. The first-order chi connectivity index (χ1) is 8.87. The Morgan fingerprint density at radius 1 is 1.32 bits per heavy atom. The molecule has 0 aromatic heterocycles. The van der Waals surface area contributed by atoms with Crippen LogP contribution in [-0.2, 0) is 9.84 Å². The lowest BCUT2D eigenvalue weighted by atomic mass is 10.0. The van der Waals surface area contributed by atoms with E-state index >= 15 is 0 Å². The van der Waals surface area contributed by atoms with Crippen LogP contribution in [-0.4, -0.2) is 38.9 Å². The number of nitrogens with zero attached hydrogens (tertiary/aromatic N) is 1. The van der Waals surface area contributed by atoms with E-state index in [0.29, 0.717) is 12.5 Å². The summed E-state index contributed by atoms with van der Waals surface area (Å²) >= 11 is 0. The molecule has 0 radical (unpaired) electrons. The van der Waals surface area contributed by atoms with E-state index in [9.17, 15) is 12.8 Å². The van der Waals surface area contributed by atoms with Crippen molar-refractivity contribution < 1.29 is 12.8 Å². The summed E-state index contributed by atoms with van der Waals surface area (Å²) in [6.07, 6.45) is 3.57. The average molecular weight is 285 g/mol. The Bertz CT molecular complexity index is 523. The molecule has 0 saturated heterocycles. The van der Waals surface area contributed by atoms with E-state index in [1.54, 1.807) is 12.1 Å². The summed E-state index contributed by atoms with van der Waals surface area (Å²) in [4.78, 5) is 2.08. The van der Waals surface area contributed by atoms with Gasteiger partial charge in [-0.25, -0.2) is 12.8 Å². The van der Waals surface area contributed by atoms with Gasteiger partial charge in [0.25, 0.3) is 0 Å². The normalized spacial score (nSPS) is 17.7. The molecule has 0 heterocycles. The number of halogens is 1. The summed E-state index contributed by atoms with van der Waals surface area (Å²) in [6, 6.07) is 6.73. The number of sulfone groups is 1. The molecule has 1 aromatic rings. The highest BCUT2D eigenvalue weighted by molar-refractivity contribution is 7.90. The summed E-state index contributed by atoms with van der Waals surface area (Å²) < 4.78 is 35.5. The van der Waals surface area contributed by atoms with Crippen molar-refractivity contribution in [1.82, 2.24) is 4.90 Å². The minimum absolute atomic E-state index is 0.161. The predicted molar refractivity (Wildman–Crippen MR) is 74.2 cm³/mol. The van der Waals surface area contributed by atoms with Crippen molar-refractivity contribution in [2.45, 2.75) is 18.9 Å². The van der Waals surface area contributed by atoms with Gasteiger partial charge in [-0.2, -0.15) is 0 Å². The fraction of sp³-hybridized carbons (Fsp3) is 0.571. The van der Waals surface area contributed by atoms with E-state index in [1.165, 1.54) is 18.4 Å². The lowest BCUT2D eigenvalue weighted by Gasteiger charge is -2.28. The van der Waals surface area contributed by atoms with E-state index < -0.39 is 9.84 Å². The molecule has 1 aliphatic rings. The molecule has 106 valence electrons. The monoisotopic (exact) mass is 285 g/mol. The molecule has 5 heteroatoms. The molecule has 1 aliphatic carbocycles. The highest BCUT2D eigenvalue weighted by Crippen LogP contribution is 2.43. The summed E-state index contributed by atoms with van der Waals surface area (Å²) in [5.41, 5.74) is 1.07. The van der Waals surface area contributed by atoms with E-state index in [0.717, 1.165) is 18.4 Å². The van der Waals surface area contributed by atoms with Crippen LogP contribution in [0.15, 0.2) is 24.3 Å². The first kappa shape index (κ1) is 14.5. The first-order valence-electron chi connectivity index (χ1n) is 6.50. The van der Waals surface area contributed by atoms with Crippen LogP contribution in [0.3, 0.4) is 0 Å². The molecule has 0 unspecified atom stereocenters. The van der Waals surface area contributed by atoms with Crippen LogP contribution in [0.1, 0.15) is 24.4 Å². The van der Waals surface area contributed by atoms with Gasteiger partial charge in [0.05, 0.1) is 5.75 Å². The molecule has 1 saturated carbocycles. The molecule has 3 nitrogen and oxygen atoms in total. The van der Waals surface area contributed by atoms with Gasteiger partial charge < -0.3 is 0 Å². The molecule has 0 aliphatic heterocycles. The van der Waals surface area contributed by atoms with Crippen LogP contribution >= 0.6 is 0 Å². The molecular weight excluding hydrogens is 265 g/mol. The second-order valence-electron chi connectivity index (χ2n) is 5.44. The van der Waals surface area contributed by atoms with Gasteiger partial charge in [0, 0.05) is 18.8 Å². The number of benzene rings is 1. The fourth-order valence-corrected chi connectivity index (χ4v) is 3.03. The molecule has 1 aromatic carbocycles. The van der Waals surface area contributed by atoms with Gasteiger partial charge in [0.15, 0.2) is 0 Å². The second-order valence-corrected chi connectivity index (χ2v) is 7.70. The Kier molecular flexibility index (Phi) is 4.26. The van der Waals surface area contributed by atoms with Gasteiger partial charge in [-0.15, -0.1) is 0 Å². The maximum Gasteiger partial charge on any atom is 0.148 e. The van der Waals surface area contributed by atoms with Gasteiger partial charge in [0.1, 0.15) is 15.7 Å². The van der Waals surface area contributed by atoms with Gasteiger partial charge in [0.2, 0.25) is 0 Å². The summed E-state index contributed by atoms with van der Waals surface area (Å²) in [5, 5.41) is 0. The molecule has 0 amide bonds. The minimum Gasteiger partial charge on any atom is -0.298 e. The third-order valence-corrected chi connectivity index (χ3v) is 4.49. The SMILES string of the molecule is CN(CCS(C)(=O)=O)[C@@H](c1ccc(F)cc1)C1CC1. The second kappa shape index (κ2) is 5.59. The van der Waals surface area contributed by atoms with Crippen molar-refractivity contribution in [1.29, 1.82) is 0 Å². The van der Waals surface area contributed by atoms with E-state index in [4.69, 9.17) is 0 Å². The topological polar surface area (TPSA) is 37.4 Å². The zero-order valence-corrected chi connectivity index (χ0v) is 12.2. The average Bonchev–Trinajstić information content (AvgIpc) is 3.13. The molecule has 0 spiro atoms. The van der Waals surface area contributed by atoms with Gasteiger partial charge >= 0.3 is 0 Å². The molecule has 0 bridgehead atoms. The zero-order valence-electron chi connectivity index (χ0n) is 11.3. The van der Waals surface area contributed by atoms with Gasteiger partial charge in [-0.1, -0.05) is 12.1 Å². The highest BCUT2D eigenvalue weighted by atomic mass is 32.2. The Morgan fingerprint density at radius 3 is 2.37 bits per heavy atom. The number of rotatable bonds is 6. The molecule has 1 fully saturated rings. The quantitative estimate of drug-likeness (QED) is 0.804. The van der Waals surface area contributed by atoms with Crippen molar-refractivity contribution in [2.75, 3.05) is 25.6 Å². The Labute approximate surface area is 114 Å². The highest BCUT2D eigenvalue weighted by Gasteiger charge is 2.35. The molecular formula is C14H20FNO2S. The van der Waals surface area contributed by atoms with Crippen molar-refractivity contribution in [2.24, 2.45) is 5.92 Å². The Morgan fingerprint density at radius 2 is 1.89 bits per heavy atom. The van der Waals surface area contributed by atoms with Gasteiger partial charge in [-0.3, -0.25) is 4.90 Å². The maximum atomic E-state index is 13.0. The molecule has 0 N–H and O–H groups in total. The standard InChI is InChI=1S/C14H20FNO2S/c1-16(9-10-19(2,17)18)14(11-3-4-11)12-5-7-13(15)8-6-12/h5-8,11,14H,3-4,9-10H2,1-2H3/t14-/m1/s1. The Hall–Kier alpha value is -0.940. The first-order valence-corrected chi connectivity index (χ1v) is 8.56. The van der Waals surface area contributed by atoms with Crippen molar-refractivity contribution in [3.63, 3.8) is 0 Å². The maximum absolute atomic E-state index is 13.0.